The van der Waals surface area contributed by atoms with Gasteiger partial charge in [-0.2, -0.15) is 5.26 Å². The van der Waals surface area contributed by atoms with Gasteiger partial charge in [-0.15, -0.1) is 0 Å². The molecule has 5 heterocycles. The SMILES string of the molecule is CNC(=O)c1c(-c2ccc(F)cc2)oc2cc(N(C)S(C)(=O)=O)c(-c3ccc4nc(CN5CCOC(C)C5)n5c6cccc(C#N)c6cc5c4n3)cc12. The Labute approximate surface area is 304 Å². The molecule has 268 valence electrons. The molecular weight excluding hydrogens is 698 g/mol. The maximum absolute atomic E-state index is 13.9. The minimum Gasteiger partial charge on any atom is -0.455 e. The number of carbonyl (C=O) groups excluding carboxylic acids is 1. The van der Waals surface area contributed by atoms with Crippen LogP contribution in [0.5, 0.6) is 0 Å². The minimum absolute atomic E-state index is 0.0815. The molecule has 4 aromatic heterocycles. The van der Waals surface area contributed by atoms with Crippen LogP contribution in [0, 0.1) is 17.1 Å². The molecule has 12 nitrogen and oxygen atoms in total. The number of hydrogen-bond acceptors (Lipinski definition) is 9. The summed E-state index contributed by atoms with van der Waals surface area (Å²) < 4.78 is 55.1. The fourth-order valence-corrected chi connectivity index (χ4v) is 7.63. The van der Waals surface area contributed by atoms with Crippen molar-refractivity contribution in [3.8, 4) is 28.7 Å². The van der Waals surface area contributed by atoms with Crippen LogP contribution < -0.4 is 9.62 Å². The van der Waals surface area contributed by atoms with Gasteiger partial charge in [-0.3, -0.25) is 18.4 Å². The summed E-state index contributed by atoms with van der Waals surface area (Å²) in [5.74, 6) is 0.101. The summed E-state index contributed by atoms with van der Waals surface area (Å²) in [5.41, 5.74) is 5.26. The number of sulfonamides is 1. The van der Waals surface area contributed by atoms with E-state index in [1.54, 1.807) is 24.3 Å². The highest BCUT2D eigenvalue weighted by Gasteiger charge is 2.27. The zero-order valence-electron chi connectivity index (χ0n) is 29.3. The molecule has 1 aliphatic rings. The highest BCUT2D eigenvalue weighted by Crippen LogP contribution is 2.41. The van der Waals surface area contributed by atoms with E-state index in [2.05, 4.69) is 16.3 Å². The lowest BCUT2D eigenvalue weighted by molar-refractivity contribution is -0.0220. The molecule has 0 spiro atoms. The Kier molecular flexibility index (Phi) is 8.37. The van der Waals surface area contributed by atoms with E-state index < -0.39 is 21.7 Å². The van der Waals surface area contributed by atoms with Crippen LogP contribution in [0.15, 0.2) is 77.2 Å². The predicted molar refractivity (Wildman–Crippen MR) is 201 cm³/mol. The first kappa shape index (κ1) is 34.2. The van der Waals surface area contributed by atoms with Gasteiger partial charge in [-0.25, -0.2) is 22.8 Å². The van der Waals surface area contributed by atoms with Crippen LogP contribution >= 0.6 is 0 Å². The molecule has 1 atom stereocenters. The second kappa shape index (κ2) is 13.0. The summed E-state index contributed by atoms with van der Waals surface area (Å²) in [6, 6.07) is 22.3. The number of morpholine rings is 1. The number of furan rings is 1. The Morgan fingerprint density at radius 3 is 2.58 bits per heavy atom. The van der Waals surface area contributed by atoms with Gasteiger partial charge >= 0.3 is 0 Å². The standard InChI is InChI=1S/C39H34FN7O5S/c1-22-20-46(14-15-51-22)21-35-43-30-13-12-29(44-37(30)33-17-26-24(19-41)6-5-7-31(26)47(33)35)27-16-28-34(18-32(27)45(3)53(4,49)50)52-38(36(28)39(48)42-2)23-8-10-25(40)11-9-23/h5-13,16-18,22H,14-15,20-21H2,1-4H3,(H,42,48). The van der Waals surface area contributed by atoms with Gasteiger partial charge in [0.05, 0.1) is 70.6 Å². The van der Waals surface area contributed by atoms with Crippen LogP contribution in [0.4, 0.5) is 10.1 Å². The molecule has 1 aliphatic heterocycles. The Morgan fingerprint density at radius 1 is 1.08 bits per heavy atom. The molecule has 0 radical (unpaired) electrons. The van der Waals surface area contributed by atoms with E-state index >= 15 is 0 Å². The number of carbonyl (C=O) groups is 1. The van der Waals surface area contributed by atoms with E-state index in [0.717, 1.165) is 45.9 Å². The largest absolute Gasteiger partial charge is 0.455 e. The summed E-state index contributed by atoms with van der Waals surface area (Å²) in [5, 5.41) is 13.8. The number of halogens is 1. The first-order chi connectivity index (χ1) is 25.4. The second-order valence-electron chi connectivity index (χ2n) is 13.2. The highest BCUT2D eigenvalue weighted by molar-refractivity contribution is 7.92. The molecule has 1 fully saturated rings. The van der Waals surface area contributed by atoms with Crippen LogP contribution in [0.1, 0.15) is 28.7 Å². The van der Waals surface area contributed by atoms with Gasteiger partial charge in [0.25, 0.3) is 5.91 Å². The number of nitrogens with one attached hydrogen (secondary N) is 1. The molecule has 0 saturated carbocycles. The fraction of sp³-hybridized carbons (Fsp3) is 0.231. The maximum Gasteiger partial charge on any atom is 0.255 e. The summed E-state index contributed by atoms with van der Waals surface area (Å²) in [6.45, 7) is 4.70. The molecule has 1 saturated heterocycles. The van der Waals surface area contributed by atoms with Crippen molar-refractivity contribution in [2.24, 2.45) is 0 Å². The number of nitriles is 1. The van der Waals surface area contributed by atoms with E-state index in [9.17, 15) is 22.9 Å². The fourth-order valence-electron chi connectivity index (χ4n) is 7.12. The van der Waals surface area contributed by atoms with Crippen molar-refractivity contribution in [2.45, 2.75) is 19.6 Å². The zero-order valence-corrected chi connectivity index (χ0v) is 30.2. The third-order valence-electron chi connectivity index (χ3n) is 9.76. The number of fused-ring (bicyclic) bond motifs is 6. The van der Waals surface area contributed by atoms with E-state index in [1.165, 1.54) is 38.4 Å². The van der Waals surface area contributed by atoms with Gasteiger partial charge in [-0.1, -0.05) is 6.07 Å². The van der Waals surface area contributed by atoms with Crippen molar-refractivity contribution in [1.82, 2.24) is 24.6 Å². The lowest BCUT2D eigenvalue weighted by atomic mass is 10.0. The number of benzene rings is 3. The second-order valence-corrected chi connectivity index (χ2v) is 15.2. The molecule has 14 heteroatoms. The van der Waals surface area contributed by atoms with Crippen LogP contribution in [0.2, 0.25) is 0 Å². The first-order valence-corrected chi connectivity index (χ1v) is 18.8. The van der Waals surface area contributed by atoms with Gasteiger partial charge in [0, 0.05) is 55.2 Å². The average Bonchev–Trinajstić information content (AvgIpc) is 3.73. The van der Waals surface area contributed by atoms with Crippen LogP contribution in [0.25, 0.3) is 61.0 Å². The minimum atomic E-state index is -3.78. The van der Waals surface area contributed by atoms with Crippen molar-refractivity contribution in [3.63, 3.8) is 0 Å². The molecule has 1 unspecified atom stereocenters. The lowest BCUT2D eigenvalue weighted by Gasteiger charge is -2.31. The molecule has 1 N–H and O–H groups in total. The van der Waals surface area contributed by atoms with Gasteiger partial charge < -0.3 is 14.5 Å². The van der Waals surface area contributed by atoms with Gasteiger partial charge in [0.15, 0.2) is 0 Å². The highest BCUT2D eigenvalue weighted by atomic mass is 32.2. The van der Waals surface area contributed by atoms with E-state index in [-0.39, 0.29) is 28.7 Å². The summed E-state index contributed by atoms with van der Waals surface area (Å²) in [6.07, 6.45) is 1.18. The van der Waals surface area contributed by atoms with Crippen molar-refractivity contribution in [2.75, 3.05) is 44.4 Å². The topological polar surface area (TPSA) is 146 Å². The van der Waals surface area contributed by atoms with Gasteiger partial charge in [0.1, 0.15) is 28.5 Å². The Hall–Kier alpha value is -5.88. The smallest absolute Gasteiger partial charge is 0.255 e. The summed E-state index contributed by atoms with van der Waals surface area (Å²) in [4.78, 5) is 25.9. The quantitative estimate of drug-likeness (QED) is 0.205. The monoisotopic (exact) mass is 731 g/mol. The van der Waals surface area contributed by atoms with Crippen molar-refractivity contribution >= 4 is 60.0 Å². The van der Waals surface area contributed by atoms with Crippen LogP contribution in [-0.4, -0.2) is 79.7 Å². The normalized spacial score (nSPS) is 15.4. The molecule has 8 rings (SSSR count). The summed E-state index contributed by atoms with van der Waals surface area (Å²) in [7, 11) is -0.845. The Morgan fingerprint density at radius 2 is 1.87 bits per heavy atom. The molecule has 7 aromatic rings. The van der Waals surface area contributed by atoms with Crippen LogP contribution in [0.3, 0.4) is 0 Å². The number of hydrogen-bond donors (Lipinski definition) is 1. The molecule has 0 aliphatic carbocycles. The first-order valence-electron chi connectivity index (χ1n) is 17.0. The average molecular weight is 732 g/mol. The number of rotatable bonds is 7. The predicted octanol–water partition coefficient (Wildman–Crippen LogP) is 6.10. The lowest BCUT2D eigenvalue weighted by Crippen LogP contribution is -2.41. The van der Waals surface area contributed by atoms with Crippen molar-refractivity contribution in [3.05, 3.63) is 95.6 Å². The zero-order chi connectivity index (χ0) is 37.2. The van der Waals surface area contributed by atoms with Gasteiger partial charge in [-0.05, 0) is 67.6 Å². The Bertz CT molecular complexity index is 2770. The third kappa shape index (κ3) is 5.92. The third-order valence-corrected chi connectivity index (χ3v) is 11.0. The number of amides is 1. The number of aromatic nitrogens is 3. The van der Waals surface area contributed by atoms with Crippen molar-refractivity contribution in [1.29, 1.82) is 5.26 Å². The van der Waals surface area contributed by atoms with Crippen molar-refractivity contribution < 1.29 is 26.8 Å². The van der Waals surface area contributed by atoms with E-state index in [1.807, 2.05) is 35.6 Å². The van der Waals surface area contributed by atoms with Crippen LogP contribution in [-0.2, 0) is 21.3 Å². The molecule has 0 bridgehead atoms. The summed E-state index contributed by atoms with van der Waals surface area (Å²) >= 11 is 0. The molecule has 3 aromatic carbocycles. The van der Waals surface area contributed by atoms with E-state index in [0.29, 0.717) is 52.0 Å². The maximum atomic E-state index is 13.9. The molecular formula is C39H34FN7O5S. The number of nitrogens with zero attached hydrogens (tertiary/aromatic N) is 6. The molecule has 1 amide bonds. The van der Waals surface area contributed by atoms with Gasteiger partial charge in [0.2, 0.25) is 10.0 Å². The molecule has 53 heavy (non-hydrogen) atoms. The Balaban J connectivity index is 1.39. The van der Waals surface area contributed by atoms with E-state index in [4.69, 9.17) is 19.1 Å². The number of pyridine rings is 1. The number of ether oxygens (including phenoxy) is 1. The number of anilines is 1.